The molecular formula is C17H15ClFN3O3. The summed E-state index contributed by atoms with van der Waals surface area (Å²) in [4.78, 5) is 25.8. The molecule has 5 rings (SSSR count). The molecule has 2 atom stereocenters. The summed E-state index contributed by atoms with van der Waals surface area (Å²) < 4.78 is 16.5. The topological polar surface area (TPSA) is 84.5 Å². The van der Waals surface area contributed by atoms with Crippen molar-refractivity contribution >= 4 is 34.2 Å². The number of benzene rings is 1. The number of nitrogens with zero attached hydrogens (tertiary/aromatic N) is 2. The zero-order valence-electron chi connectivity index (χ0n) is 13.1. The first-order valence-corrected chi connectivity index (χ1v) is 8.64. The summed E-state index contributed by atoms with van der Waals surface area (Å²) in [6.45, 7) is 1.35. The van der Waals surface area contributed by atoms with E-state index in [2.05, 4.69) is 5.32 Å². The number of pyridine rings is 1. The number of rotatable bonds is 3. The molecule has 0 radical (unpaired) electrons. The molecule has 0 amide bonds. The third kappa shape index (κ3) is 2.19. The van der Waals surface area contributed by atoms with Crippen LogP contribution in [0.4, 0.5) is 10.1 Å². The minimum atomic E-state index is -1.31. The van der Waals surface area contributed by atoms with E-state index in [4.69, 9.17) is 11.6 Å². The average Bonchev–Trinajstić information content (AvgIpc) is 3.47. The van der Waals surface area contributed by atoms with Crippen molar-refractivity contribution in [2.24, 2.45) is 0 Å². The summed E-state index contributed by atoms with van der Waals surface area (Å²) in [7, 11) is 0. The van der Waals surface area contributed by atoms with Crippen molar-refractivity contribution in [3.05, 3.63) is 38.9 Å². The summed E-state index contributed by atoms with van der Waals surface area (Å²) in [5, 5.41) is 12.8. The Hall–Kier alpha value is -2.12. The third-order valence-electron chi connectivity index (χ3n) is 5.31. The molecule has 3 fully saturated rings. The smallest absolute Gasteiger partial charge is 0.341 e. The number of carboxylic acid groups (broad SMARTS) is 1. The van der Waals surface area contributed by atoms with Gasteiger partial charge in [-0.1, -0.05) is 11.6 Å². The number of nitrogens with one attached hydrogen (secondary N) is 1. The van der Waals surface area contributed by atoms with Crippen LogP contribution in [-0.2, 0) is 0 Å². The number of anilines is 1. The van der Waals surface area contributed by atoms with Gasteiger partial charge in [-0.15, -0.1) is 0 Å². The van der Waals surface area contributed by atoms with E-state index in [-0.39, 0.29) is 22.0 Å². The van der Waals surface area contributed by atoms with Crippen LogP contribution in [0.2, 0.25) is 5.02 Å². The van der Waals surface area contributed by atoms with Crippen molar-refractivity contribution in [3.8, 4) is 0 Å². The molecule has 1 aliphatic carbocycles. The third-order valence-corrected chi connectivity index (χ3v) is 5.67. The van der Waals surface area contributed by atoms with Crippen LogP contribution in [0, 0.1) is 5.82 Å². The van der Waals surface area contributed by atoms with Crippen LogP contribution in [0.3, 0.4) is 0 Å². The Kier molecular flexibility index (Phi) is 3.00. The van der Waals surface area contributed by atoms with E-state index in [0.29, 0.717) is 36.4 Å². The van der Waals surface area contributed by atoms with Gasteiger partial charge in [-0.2, -0.15) is 0 Å². The van der Waals surface area contributed by atoms with E-state index in [1.54, 1.807) is 4.57 Å². The molecule has 3 aliphatic rings. The highest BCUT2D eigenvalue weighted by atomic mass is 35.5. The molecule has 1 aromatic heterocycles. The number of hydrogen-bond donors (Lipinski definition) is 2. The number of aromatic nitrogens is 1. The molecule has 1 aromatic carbocycles. The van der Waals surface area contributed by atoms with Crippen LogP contribution in [0.25, 0.3) is 10.9 Å². The summed E-state index contributed by atoms with van der Waals surface area (Å²) in [5.74, 6) is -1.90. The zero-order valence-corrected chi connectivity index (χ0v) is 13.9. The largest absolute Gasteiger partial charge is 0.477 e. The van der Waals surface area contributed by atoms with Gasteiger partial charge < -0.3 is 19.9 Å². The highest BCUT2D eigenvalue weighted by molar-refractivity contribution is 6.38. The number of carbonyl (C=O) groups is 1. The minimum absolute atomic E-state index is 0.0283. The second-order valence-electron chi connectivity index (χ2n) is 7.02. The van der Waals surface area contributed by atoms with Crippen LogP contribution >= 0.6 is 11.6 Å². The van der Waals surface area contributed by atoms with E-state index < -0.39 is 17.2 Å². The van der Waals surface area contributed by atoms with Gasteiger partial charge in [0.15, 0.2) is 0 Å². The summed E-state index contributed by atoms with van der Waals surface area (Å²) in [6.07, 6.45) is 3.12. The van der Waals surface area contributed by atoms with Crippen molar-refractivity contribution < 1.29 is 14.3 Å². The maximum atomic E-state index is 14.8. The standard InChI is InChI=1S/C17H15ClFN3O3/c18-13-14-8(3-10(19)15(13)21-5-11-12(6-21)20-11)16(23)9(17(24)25)4-22(14)7-1-2-7/h3-4,7,11-12,20H,1-2,5-6H2,(H,24,25). The molecule has 8 heteroatoms. The van der Waals surface area contributed by atoms with Gasteiger partial charge in [0, 0.05) is 37.4 Å². The highest BCUT2D eigenvalue weighted by Crippen LogP contribution is 2.43. The molecule has 3 heterocycles. The summed E-state index contributed by atoms with van der Waals surface area (Å²) in [6, 6.07) is 1.98. The van der Waals surface area contributed by atoms with Gasteiger partial charge >= 0.3 is 5.97 Å². The van der Waals surface area contributed by atoms with E-state index in [9.17, 15) is 19.1 Å². The van der Waals surface area contributed by atoms with E-state index in [0.717, 1.165) is 18.9 Å². The fourth-order valence-electron chi connectivity index (χ4n) is 3.83. The molecule has 6 nitrogen and oxygen atoms in total. The van der Waals surface area contributed by atoms with Gasteiger partial charge in [0.25, 0.3) is 0 Å². The number of halogens is 2. The molecule has 2 aliphatic heterocycles. The number of carboxylic acids is 1. The quantitative estimate of drug-likeness (QED) is 0.815. The van der Waals surface area contributed by atoms with Gasteiger partial charge in [-0.05, 0) is 18.9 Å². The van der Waals surface area contributed by atoms with Crippen molar-refractivity contribution in [2.45, 2.75) is 31.0 Å². The van der Waals surface area contributed by atoms with E-state index >= 15 is 0 Å². The van der Waals surface area contributed by atoms with Crippen molar-refractivity contribution in [1.29, 1.82) is 0 Å². The number of hydrogen-bond acceptors (Lipinski definition) is 4. The van der Waals surface area contributed by atoms with E-state index in [1.807, 2.05) is 4.90 Å². The Labute approximate surface area is 146 Å². The van der Waals surface area contributed by atoms with Crippen molar-refractivity contribution in [3.63, 3.8) is 0 Å². The first-order chi connectivity index (χ1) is 12.0. The van der Waals surface area contributed by atoms with Crippen LogP contribution in [-0.4, -0.2) is 40.8 Å². The second kappa shape index (κ2) is 4.95. The van der Waals surface area contributed by atoms with Gasteiger partial charge in [-0.25, -0.2) is 9.18 Å². The molecule has 2 N–H and O–H groups in total. The van der Waals surface area contributed by atoms with Crippen LogP contribution < -0.4 is 15.6 Å². The second-order valence-corrected chi connectivity index (χ2v) is 7.40. The monoisotopic (exact) mass is 363 g/mol. The number of piperazine rings is 1. The number of fused-ring (bicyclic) bond motifs is 2. The first-order valence-electron chi connectivity index (χ1n) is 8.27. The fourth-order valence-corrected chi connectivity index (χ4v) is 4.23. The molecule has 2 unspecified atom stereocenters. The average molecular weight is 364 g/mol. The molecule has 0 bridgehead atoms. The zero-order chi connectivity index (χ0) is 17.5. The minimum Gasteiger partial charge on any atom is -0.477 e. The van der Waals surface area contributed by atoms with Gasteiger partial charge in [0.1, 0.15) is 11.4 Å². The molecule has 25 heavy (non-hydrogen) atoms. The van der Waals surface area contributed by atoms with Crippen LogP contribution in [0.1, 0.15) is 29.2 Å². The predicted octanol–water partition coefficient (Wildman–Crippen LogP) is 1.99. The normalized spacial score (nSPS) is 24.6. The van der Waals surface area contributed by atoms with Gasteiger partial charge in [0.2, 0.25) is 5.43 Å². The lowest BCUT2D eigenvalue weighted by molar-refractivity contribution is 0.0695. The predicted molar refractivity (Wildman–Crippen MR) is 91.3 cm³/mol. The lowest BCUT2D eigenvalue weighted by atomic mass is 10.1. The lowest BCUT2D eigenvalue weighted by Crippen LogP contribution is -2.29. The van der Waals surface area contributed by atoms with Crippen LogP contribution in [0.5, 0.6) is 0 Å². The Bertz CT molecular complexity index is 991. The highest BCUT2D eigenvalue weighted by Gasteiger charge is 2.46. The van der Waals surface area contributed by atoms with Gasteiger partial charge in [0.05, 0.1) is 21.6 Å². The molecular weight excluding hydrogens is 349 g/mol. The molecule has 2 saturated heterocycles. The summed E-state index contributed by atoms with van der Waals surface area (Å²) >= 11 is 6.56. The SMILES string of the molecule is O=C(O)c1cn(C2CC2)c2c(Cl)c(N3CC4NC4C3)c(F)cc2c1=O. The van der Waals surface area contributed by atoms with Gasteiger partial charge in [-0.3, -0.25) is 4.79 Å². The maximum absolute atomic E-state index is 14.8. The first kappa shape index (κ1) is 15.2. The van der Waals surface area contributed by atoms with Crippen molar-refractivity contribution in [1.82, 2.24) is 9.88 Å². The molecule has 0 spiro atoms. The Morgan fingerprint density at radius 1 is 1.32 bits per heavy atom. The molecule has 1 saturated carbocycles. The molecule has 2 aromatic rings. The summed E-state index contributed by atoms with van der Waals surface area (Å²) in [5.41, 5.74) is -0.309. The Balaban J connectivity index is 1.79. The Morgan fingerprint density at radius 2 is 2.00 bits per heavy atom. The van der Waals surface area contributed by atoms with E-state index in [1.165, 1.54) is 6.20 Å². The van der Waals surface area contributed by atoms with Crippen molar-refractivity contribution in [2.75, 3.05) is 18.0 Å². The van der Waals surface area contributed by atoms with Crippen LogP contribution in [0.15, 0.2) is 17.1 Å². The molecule has 130 valence electrons. The maximum Gasteiger partial charge on any atom is 0.341 e. The lowest BCUT2D eigenvalue weighted by Gasteiger charge is -2.24. The number of aromatic carboxylic acids is 1. The Morgan fingerprint density at radius 3 is 2.60 bits per heavy atom. The fraction of sp³-hybridized carbons (Fsp3) is 0.412.